The number of hydrogen-bond donors (Lipinski definition) is 1. The van der Waals surface area contributed by atoms with Crippen molar-refractivity contribution < 1.29 is 46.1 Å². The highest BCUT2D eigenvalue weighted by molar-refractivity contribution is 5.86. The van der Waals surface area contributed by atoms with Crippen molar-refractivity contribution in [1.29, 1.82) is 5.26 Å². The van der Waals surface area contributed by atoms with Crippen LogP contribution in [-0.2, 0) is 28.1 Å². The Morgan fingerprint density at radius 1 is 0.980 bits per heavy atom. The number of β-amino-alcohol motifs (C(OH)–C–C–N with tert-alkyl or cyclic N) is 1. The van der Waals surface area contributed by atoms with Crippen LogP contribution in [0.4, 0.5) is 22.0 Å². The molecule has 4 aromatic rings. The Bertz CT molecular complexity index is 1810. The van der Waals surface area contributed by atoms with Gasteiger partial charge in [-0.2, -0.15) is 27.2 Å². The van der Waals surface area contributed by atoms with Gasteiger partial charge in [-0.3, -0.25) is 9.69 Å². The molecule has 5 rings (SSSR count). The number of methoxy groups -OCH3 is 1. The number of ether oxygens (including phenoxy) is 3. The first kappa shape index (κ1) is 35.6. The lowest BCUT2D eigenvalue weighted by molar-refractivity contribution is -0.348. The highest BCUT2D eigenvalue weighted by Crippen LogP contribution is 2.51. The van der Waals surface area contributed by atoms with Crippen molar-refractivity contribution in [3.05, 3.63) is 95.2 Å². The molecule has 2 heterocycles. The van der Waals surface area contributed by atoms with Gasteiger partial charge in [-0.15, -0.1) is 0 Å². The summed E-state index contributed by atoms with van der Waals surface area (Å²) in [5.74, 6) is -5.17. The van der Waals surface area contributed by atoms with E-state index in [1.807, 2.05) is 6.07 Å². The summed E-state index contributed by atoms with van der Waals surface area (Å²) in [7, 11) is 1.44. The lowest BCUT2D eigenvalue weighted by Gasteiger charge is -2.42. The first-order valence-electron chi connectivity index (χ1n) is 15.8. The Hall–Kier alpha value is -4.67. The maximum absolute atomic E-state index is 15.6. The van der Waals surface area contributed by atoms with Gasteiger partial charge in [0.15, 0.2) is 17.1 Å². The molecule has 260 valence electrons. The van der Waals surface area contributed by atoms with Gasteiger partial charge in [-0.1, -0.05) is 42.5 Å². The number of benzene rings is 3. The minimum absolute atomic E-state index is 0.0157. The van der Waals surface area contributed by atoms with Gasteiger partial charge >= 0.3 is 18.1 Å². The second kappa shape index (κ2) is 14.4. The van der Waals surface area contributed by atoms with Gasteiger partial charge in [0.1, 0.15) is 6.10 Å². The number of alkyl halides is 5. The van der Waals surface area contributed by atoms with Gasteiger partial charge in [0.2, 0.25) is 0 Å². The SMILES string of the molecule is CCOC(=O)Cc1ccc(OC2CCN(CC(O)(c3cn(Cc4ccccc4)c4cc(C#N)ccc34)C(F)(F)C(F)(F)F)CC2)c(OC)c1. The topological polar surface area (TPSA) is 97.0 Å². The summed E-state index contributed by atoms with van der Waals surface area (Å²) in [6, 6.07) is 19.9. The van der Waals surface area contributed by atoms with Crippen LogP contribution in [0.2, 0.25) is 0 Å². The van der Waals surface area contributed by atoms with Crippen LogP contribution in [0.5, 0.6) is 11.5 Å². The van der Waals surface area contributed by atoms with Crippen molar-refractivity contribution >= 4 is 16.9 Å². The predicted octanol–water partition coefficient (Wildman–Crippen LogP) is 6.60. The number of aliphatic hydroxyl groups is 1. The molecule has 1 N–H and O–H groups in total. The van der Waals surface area contributed by atoms with Crippen molar-refractivity contribution in [1.82, 2.24) is 9.47 Å². The van der Waals surface area contributed by atoms with Crippen LogP contribution in [0.25, 0.3) is 10.9 Å². The normalized spacial score (nSPS) is 15.8. The molecule has 1 fully saturated rings. The molecule has 0 aliphatic carbocycles. The van der Waals surface area contributed by atoms with Gasteiger partial charge in [0.25, 0.3) is 0 Å². The third-order valence-electron chi connectivity index (χ3n) is 8.69. The molecule has 0 radical (unpaired) electrons. The second-order valence-corrected chi connectivity index (χ2v) is 12.0. The molecule has 0 amide bonds. The summed E-state index contributed by atoms with van der Waals surface area (Å²) in [4.78, 5) is 13.3. The van der Waals surface area contributed by atoms with E-state index in [1.54, 1.807) is 55.5 Å². The maximum Gasteiger partial charge on any atom is 0.456 e. The summed E-state index contributed by atoms with van der Waals surface area (Å²) in [6.07, 6.45) is -4.79. The molecule has 0 saturated carbocycles. The van der Waals surface area contributed by atoms with E-state index >= 15 is 8.78 Å². The molecule has 3 aromatic carbocycles. The number of nitriles is 1. The predicted molar refractivity (Wildman–Crippen MR) is 171 cm³/mol. The van der Waals surface area contributed by atoms with Gasteiger partial charge in [0.05, 0.1) is 37.3 Å². The Morgan fingerprint density at radius 3 is 2.33 bits per heavy atom. The fourth-order valence-corrected chi connectivity index (χ4v) is 6.18. The lowest BCUT2D eigenvalue weighted by atomic mass is 9.85. The molecule has 8 nitrogen and oxygen atoms in total. The molecule has 49 heavy (non-hydrogen) atoms. The molecule has 1 saturated heterocycles. The number of hydrogen-bond acceptors (Lipinski definition) is 7. The smallest absolute Gasteiger partial charge is 0.456 e. The van der Waals surface area contributed by atoms with Crippen LogP contribution in [0.1, 0.15) is 42.0 Å². The Kier molecular flexibility index (Phi) is 10.5. The molecule has 1 aliphatic rings. The average molecular weight is 686 g/mol. The summed E-state index contributed by atoms with van der Waals surface area (Å²) in [5, 5.41) is 21.2. The van der Waals surface area contributed by atoms with Crippen molar-refractivity contribution in [3.63, 3.8) is 0 Å². The molecule has 1 aromatic heterocycles. The number of likely N-dealkylation sites (tertiary alicyclic amines) is 1. The largest absolute Gasteiger partial charge is 0.493 e. The molecular weight excluding hydrogens is 649 g/mol. The van der Waals surface area contributed by atoms with Crippen molar-refractivity contribution in [3.8, 4) is 17.6 Å². The van der Waals surface area contributed by atoms with E-state index in [2.05, 4.69) is 0 Å². The number of piperidine rings is 1. The van der Waals surface area contributed by atoms with Gasteiger partial charge in [0, 0.05) is 43.3 Å². The van der Waals surface area contributed by atoms with Gasteiger partial charge in [-0.25, -0.2) is 0 Å². The number of halogens is 5. The Morgan fingerprint density at radius 2 is 1.69 bits per heavy atom. The third kappa shape index (κ3) is 7.50. The highest BCUT2D eigenvalue weighted by Gasteiger charge is 2.71. The number of fused-ring (bicyclic) bond motifs is 1. The summed E-state index contributed by atoms with van der Waals surface area (Å²) >= 11 is 0. The number of nitrogens with zero attached hydrogens (tertiary/aromatic N) is 3. The van der Waals surface area contributed by atoms with E-state index in [1.165, 1.54) is 34.8 Å². The van der Waals surface area contributed by atoms with E-state index < -0.39 is 41.9 Å². The van der Waals surface area contributed by atoms with E-state index in [0.717, 1.165) is 11.8 Å². The third-order valence-corrected chi connectivity index (χ3v) is 8.69. The van der Waals surface area contributed by atoms with E-state index in [9.17, 15) is 28.3 Å². The lowest BCUT2D eigenvalue weighted by Crippen LogP contribution is -2.60. The van der Waals surface area contributed by atoms with Crippen LogP contribution in [-0.4, -0.2) is 72.1 Å². The maximum atomic E-state index is 15.6. The Labute approximate surface area is 280 Å². The fourth-order valence-electron chi connectivity index (χ4n) is 6.18. The standard InChI is InChI=1S/C36H36F5N3O5/c1-3-48-33(45)19-25-10-12-31(32(18-25)47-2)49-27-13-15-43(16-14-27)23-34(46,35(37,38)36(39,40)41)29-22-44(21-24-7-5-4-6-8-24)30-17-26(20-42)9-11-28(29)30/h4-12,17-18,22,27,46H,3,13-16,19,21,23H2,1-2H3. The summed E-state index contributed by atoms with van der Waals surface area (Å²) < 4.78 is 91.6. The van der Waals surface area contributed by atoms with E-state index in [-0.39, 0.29) is 62.0 Å². The van der Waals surface area contributed by atoms with Crippen LogP contribution in [0.3, 0.4) is 0 Å². The minimum atomic E-state index is -6.07. The molecular formula is C36H36F5N3O5. The van der Waals surface area contributed by atoms with Crippen LogP contribution in [0, 0.1) is 11.3 Å². The van der Waals surface area contributed by atoms with Crippen LogP contribution < -0.4 is 9.47 Å². The molecule has 1 atom stereocenters. The van der Waals surface area contributed by atoms with Gasteiger partial charge in [-0.05, 0) is 55.2 Å². The number of aromatic nitrogens is 1. The quantitative estimate of drug-likeness (QED) is 0.133. The summed E-state index contributed by atoms with van der Waals surface area (Å²) in [6.45, 7) is 1.18. The number of rotatable bonds is 12. The number of esters is 1. The van der Waals surface area contributed by atoms with Crippen molar-refractivity contribution in [2.24, 2.45) is 0 Å². The van der Waals surface area contributed by atoms with Crippen LogP contribution in [0.15, 0.2) is 72.9 Å². The first-order chi connectivity index (χ1) is 23.3. The van der Waals surface area contributed by atoms with E-state index in [4.69, 9.17) is 14.2 Å². The molecule has 13 heteroatoms. The minimum Gasteiger partial charge on any atom is -0.493 e. The van der Waals surface area contributed by atoms with Gasteiger partial charge < -0.3 is 23.9 Å². The highest BCUT2D eigenvalue weighted by atomic mass is 19.4. The molecule has 0 bridgehead atoms. The zero-order valence-electron chi connectivity index (χ0n) is 27.0. The second-order valence-electron chi connectivity index (χ2n) is 12.0. The average Bonchev–Trinajstić information content (AvgIpc) is 3.44. The summed E-state index contributed by atoms with van der Waals surface area (Å²) in [5.41, 5.74) is -2.45. The zero-order valence-corrected chi connectivity index (χ0v) is 27.0. The Balaban J connectivity index is 1.40. The van der Waals surface area contributed by atoms with E-state index in [0.29, 0.717) is 17.1 Å². The number of carbonyl (C=O) groups excluding carboxylic acids is 1. The molecule has 1 aliphatic heterocycles. The van der Waals surface area contributed by atoms with Crippen LogP contribution >= 0.6 is 0 Å². The fraction of sp³-hybridized carbons (Fsp3) is 0.389. The van der Waals surface area contributed by atoms with Crippen molar-refractivity contribution in [2.75, 3.05) is 33.4 Å². The first-order valence-corrected chi connectivity index (χ1v) is 15.8. The number of carbonyl (C=O) groups is 1. The molecule has 0 spiro atoms. The van der Waals surface area contributed by atoms with Crippen molar-refractivity contribution in [2.45, 2.75) is 56.5 Å². The molecule has 1 unspecified atom stereocenters. The zero-order chi connectivity index (χ0) is 35.4. The monoisotopic (exact) mass is 685 g/mol.